The Balaban J connectivity index is 2.16. The summed E-state index contributed by atoms with van der Waals surface area (Å²) in [5.74, 6) is 0. The molecule has 0 aliphatic carbocycles. The van der Waals surface area contributed by atoms with Gasteiger partial charge >= 0.3 is 8.80 Å². The molecule has 19 heavy (non-hydrogen) atoms. The molecule has 100 valence electrons. The Morgan fingerprint density at radius 3 is 1.84 bits per heavy atom. The van der Waals surface area contributed by atoms with Crippen LogP contribution in [0.2, 0.25) is 0 Å². The molecule has 0 aliphatic rings. The highest BCUT2D eigenvalue weighted by Crippen LogP contribution is 2.12. The van der Waals surface area contributed by atoms with E-state index < -0.39 is 8.80 Å². The van der Waals surface area contributed by atoms with Gasteiger partial charge in [-0.25, -0.2) is 0 Å². The van der Waals surface area contributed by atoms with Gasteiger partial charge in [0.05, 0.1) is 6.61 Å². The second-order valence-electron chi connectivity index (χ2n) is 4.10. The minimum Gasteiger partial charge on any atom is -0.373 e. The number of hydrogen-bond acceptors (Lipinski definition) is 3. The Hall–Kier alpha value is -1.46. The smallest absolute Gasteiger partial charge is 0.373 e. The van der Waals surface area contributed by atoms with Gasteiger partial charge in [-0.05, 0) is 5.56 Å². The molecule has 0 fully saturated rings. The summed E-state index contributed by atoms with van der Waals surface area (Å²) in [5, 5.41) is 0.968. The van der Waals surface area contributed by atoms with Crippen molar-refractivity contribution in [1.29, 1.82) is 0 Å². The molecule has 2 rings (SSSR count). The summed E-state index contributed by atoms with van der Waals surface area (Å²) >= 11 is 0. The van der Waals surface area contributed by atoms with Gasteiger partial charge in [-0.15, -0.1) is 0 Å². The number of rotatable bonds is 6. The molecule has 0 unspecified atom stereocenters. The Labute approximate surface area is 115 Å². The van der Waals surface area contributed by atoms with E-state index in [1.807, 2.05) is 60.7 Å². The summed E-state index contributed by atoms with van der Waals surface area (Å²) < 4.78 is 17.2. The van der Waals surface area contributed by atoms with Gasteiger partial charge in [0.15, 0.2) is 0 Å². The largest absolute Gasteiger partial charge is 0.536 e. The van der Waals surface area contributed by atoms with Crippen molar-refractivity contribution in [2.75, 3.05) is 14.2 Å². The Morgan fingerprint density at radius 1 is 0.789 bits per heavy atom. The van der Waals surface area contributed by atoms with Gasteiger partial charge in [-0.1, -0.05) is 60.7 Å². The lowest BCUT2D eigenvalue weighted by atomic mass is 10.2. The lowest BCUT2D eigenvalue weighted by molar-refractivity contribution is 0.107. The third kappa shape index (κ3) is 3.30. The summed E-state index contributed by atoms with van der Waals surface area (Å²) in [6.07, 6.45) is 0. The molecule has 0 aromatic heterocycles. The van der Waals surface area contributed by atoms with Crippen molar-refractivity contribution >= 4 is 14.0 Å². The zero-order chi connectivity index (χ0) is 13.6. The Bertz CT molecular complexity index is 483. The van der Waals surface area contributed by atoms with Crippen LogP contribution in [0.4, 0.5) is 0 Å². The predicted octanol–water partition coefficient (Wildman–Crippen LogP) is 2.34. The van der Waals surface area contributed by atoms with Crippen LogP contribution in [0, 0.1) is 0 Å². The third-order valence-electron chi connectivity index (χ3n) is 2.94. The second-order valence-corrected chi connectivity index (χ2v) is 6.90. The van der Waals surface area contributed by atoms with E-state index in [9.17, 15) is 0 Å². The average Bonchev–Trinajstić information content (AvgIpc) is 2.51. The van der Waals surface area contributed by atoms with Crippen molar-refractivity contribution in [2.45, 2.75) is 6.61 Å². The van der Waals surface area contributed by atoms with Crippen molar-refractivity contribution in [2.24, 2.45) is 0 Å². The van der Waals surface area contributed by atoms with E-state index >= 15 is 0 Å². The van der Waals surface area contributed by atoms with Crippen LogP contribution in [0.15, 0.2) is 60.7 Å². The number of hydrogen-bond donors (Lipinski definition) is 0. The van der Waals surface area contributed by atoms with Gasteiger partial charge in [0.25, 0.3) is 0 Å². The first-order chi connectivity index (χ1) is 9.30. The average molecular weight is 274 g/mol. The Kier molecular flexibility index (Phi) is 4.87. The van der Waals surface area contributed by atoms with E-state index in [-0.39, 0.29) is 0 Å². The van der Waals surface area contributed by atoms with Crippen LogP contribution >= 0.6 is 0 Å². The quantitative estimate of drug-likeness (QED) is 0.757. The van der Waals surface area contributed by atoms with E-state index in [4.69, 9.17) is 13.3 Å². The Morgan fingerprint density at radius 2 is 1.32 bits per heavy atom. The highest BCUT2D eigenvalue weighted by molar-refractivity contribution is 6.75. The highest BCUT2D eigenvalue weighted by atomic mass is 28.4. The highest BCUT2D eigenvalue weighted by Gasteiger charge is 2.41. The first-order valence-electron chi connectivity index (χ1n) is 6.14. The fourth-order valence-corrected chi connectivity index (χ4v) is 3.91. The van der Waals surface area contributed by atoms with E-state index in [1.54, 1.807) is 14.2 Å². The SMILES string of the molecule is CO[Si](OC)(OCc1ccccc1)c1ccccc1. The lowest BCUT2D eigenvalue weighted by Gasteiger charge is -2.26. The number of benzene rings is 2. The lowest BCUT2D eigenvalue weighted by Crippen LogP contribution is -2.55. The van der Waals surface area contributed by atoms with Crippen LogP contribution in [-0.2, 0) is 19.9 Å². The summed E-state index contributed by atoms with van der Waals surface area (Å²) in [7, 11) is 0.463. The monoisotopic (exact) mass is 274 g/mol. The van der Waals surface area contributed by atoms with Gasteiger partial charge in [0.2, 0.25) is 0 Å². The van der Waals surface area contributed by atoms with E-state index in [2.05, 4.69) is 0 Å². The van der Waals surface area contributed by atoms with Gasteiger partial charge in [-0.3, -0.25) is 0 Å². The van der Waals surface area contributed by atoms with Gasteiger partial charge in [0.1, 0.15) is 0 Å². The van der Waals surface area contributed by atoms with Crippen LogP contribution in [0.25, 0.3) is 0 Å². The molecule has 4 heteroatoms. The molecule has 0 heterocycles. The third-order valence-corrected chi connectivity index (χ3v) is 5.58. The van der Waals surface area contributed by atoms with E-state index in [0.29, 0.717) is 6.61 Å². The fraction of sp³-hybridized carbons (Fsp3) is 0.200. The minimum absolute atomic E-state index is 0.476. The summed E-state index contributed by atoms with van der Waals surface area (Å²) in [4.78, 5) is 0. The molecule has 0 amide bonds. The van der Waals surface area contributed by atoms with Crippen LogP contribution in [0.3, 0.4) is 0 Å². The molecule has 0 radical (unpaired) electrons. The molecule has 0 atom stereocenters. The summed E-state index contributed by atoms with van der Waals surface area (Å²) in [5.41, 5.74) is 1.10. The zero-order valence-corrected chi connectivity index (χ0v) is 12.2. The van der Waals surface area contributed by atoms with Crippen molar-refractivity contribution < 1.29 is 13.3 Å². The summed E-state index contributed by atoms with van der Waals surface area (Å²) in [6.45, 7) is 0.476. The van der Waals surface area contributed by atoms with E-state index in [0.717, 1.165) is 10.8 Å². The molecule has 0 N–H and O–H groups in total. The molecule has 2 aromatic rings. The van der Waals surface area contributed by atoms with Crippen LogP contribution in [0.1, 0.15) is 5.56 Å². The second kappa shape index (κ2) is 6.63. The van der Waals surface area contributed by atoms with Gasteiger partial charge < -0.3 is 13.3 Å². The maximum Gasteiger partial charge on any atom is 0.536 e. The molecule has 0 spiro atoms. The first kappa shape index (κ1) is 14.0. The summed E-state index contributed by atoms with van der Waals surface area (Å²) in [6, 6.07) is 19.8. The first-order valence-corrected chi connectivity index (χ1v) is 7.87. The molecule has 0 bridgehead atoms. The molecule has 3 nitrogen and oxygen atoms in total. The van der Waals surface area contributed by atoms with Crippen molar-refractivity contribution in [3.05, 3.63) is 66.2 Å². The van der Waals surface area contributed by atoms with Crippen molar-refractivity contribution in [3.8, 4) is 0 Å². The molecule has 0 saturated carbocycles. The zero-order valence-electron chi connectivity index (χ0n) is 11.2. The van der Waals surface area contributed by atoms with Crippen molar-refractivity contribution in [1.82, 2.24) is 0 Å². The topological polar surface area (TPSA) is 27.7 Å². The van der Waals surface area contributed by atoms with Crippen LogP contribution < -0.4 is 5.19 Å². The molecular weight excluding hydrogens is 256 g/mol. The minimum atomic E-state index is -2.80. The van der Waals surface area contributed by atoms with E-state index in [1.165, 1.54) is 0 Å². The molecular formula is C15H18O3Si. The molecule has 2 aromatic carbocycles. The van der Waals surface area contributed by atoms with Crippen LogP contribution in [0.5, 0.6) is 0 Å². The predicted molar refractivity (Wildman–Crippen MR) is 77.1 cm³/mol. The molecule has 0 saturated heterocycles. The van der Waals surface area contributed by atoms with Crippen molar-refractivity contribution in [3.63, 3.8) is 0 Å². The maximum atomic E-state index is 5.99. The standard InChI is InChI=1S/C15H18O3Si/c1-16-19(17-2,15-11-7-4-8-12-15)18-13-14-9-5-3-6-10-14/h3-12H,13H2,1-2H3. The van der Waals surface area contributed by atoms with Crippen LogP contribution in [-0.4, -0.2) is 23.0 Å². The normalized spacial score (nSPS) is 11.5. The maximum absolute atomic E-state index is 5.99. The van der Waals surface area contributed by atoms with Gasteiger partial charge in [0, 0.05) is 19.4 Å². The fourth-order valence-electron chi connectivity index (χ4n) is 1.92. The van der Waals surface area contributed by atoms with Gasteiger partial charge in [-0.2, -0.15) is 0 Å². The molecule has 0 aliphatic heterocycles.